The van der Waals surface area contributed by atoms with Crippen LogP contribution in [0, 0.1) is 0 Å². The van der Waals surface area contributed by atoms with Gasteiger partial charge < -0.3 is 24.8 Å². The summed E-state index contributed by atoms with van der Waals surface area (Å²) >= 11 is 0. The molecule has 0 radical (unpaired) electrons. The van der Waals surface area contributed by atoms with Crippen LogP contribution in [0.25, 0.3) is 0 Å². The molecule has 1 unspecified atom stereocenters. The molecule has 40 heavy (non-hydrogen) atoms. The van der Waals surface area contributed by atoms with Gasteiger partial charge in [-0.05, 0) is 55.0 Å². The van der Waals surface area contributed by atoms with Crippen LogP contribution in [-0.2, 0) is 10.9 Å². The van der Waals surface area contributed by atoms with Crippen LogP contribution >= 0.6 is 0 Å². The van der Waals surface area contributed by atoms with Gasteiger partial charge in [-0.3, -0.25) is 9.59 Å². The van der Waals surface area contributed by atoms with Gasteiger partial charge in [-0.1, -0.05) is 24.3 Å². The SMILES string of the molecule is COCCCN1C(=O)c2ccccc2C1Nc1ccc(C(=O)N2CCN(c3cccc(C(F)(F)F)c3)CC2)cc1. The highest BCUT2D eigenvalue weighted by Gasteiger charge is 2.36. The second-order valence-corrected chi connectivity index (χ2v) is 9.88. The van der Waals surface area contributed by atoms with Gasteiger partial charge in [-0.25, -0.2) is 0 Å². The van der Waals surface area contributed by atoms with E-state index in [0.29, 0.717) is 62.6 Å². The molecule has 2 aliphatic heterocycles. The van der Waals surface area contributed by atoms with E-state index in [-0.39, 0.29) is 18.0 Å². The van der Waals surface area contributed by atoms with Crippen LogP contribution in [0.2, 0.25) is 0 Å². The van der Waals surface area contributed by atoms with E-state index in [2.05, 4.69) is 5.32 Å². The summed E-state index contributed by atoms with van der Waals surface area (Å²) in [5, 5.41) is 3.44. The fourth-order valence-corrected chi connectivity index (χ4v) is 5.23. The Morgan fingerprint density at radius 3 is 2.40 bits per heavy atom. The van der Waals surface area contributed by atoms with Crippen molar-refractivity contribution in [3.63, 3.8) is 0 Å². The summed E-state index contributed by atoms with van der Waals surface area (Å²) in [7, 11) is 1.63. The highest BCUT2D eigenvalue weighted by atomic mass is 19.4. The lowest BCUT2D eigenvalue weighted by Crippen LogP contribution is -2.48. The molecule has 1 atom stereocenters. The second kappa shape index (κ2) is 11.6. The molecule has 0 aliphatic carbocycles. The van der Waals surface area contributed by atoms with E-state index in [4.69, 9.17) is 4.74 Å². The molecule has 5 rings (SSSR count). The summed E-state index contributed by atoms with van der Waals surface area (Å²) in [6.07, 6.45) is -4.01. The van der Waals surface area contributed by atoms with Crippen molar-refractivity contribution < 1.29 is 27.5 Å². The average molecular weight is 553 g/mol. The number of carbonyl (C=O) groups is 2. The Kier molecular flexibility index (Phi) is 7.97. The third-order valence-electron chi connectivity index (χ3n) is 7.35. The monoisotopic (exact) mass is 552 g/mol. The minimum Gasteiger partial charge on any atom is -0.385 e. The quantitative estimate of drug-likeness (QED) is 0.386. The van der Waals surface area contributed by atoms with Gasteiger partial charge in [0.2, 0.25) is 0 Å². The molecular formula is C30H31F3N4O3. The van der Waals surface area contributed by atoms with Crippen LogP contribution in [0.1, 0.15) is 44.4 Å². The van der Waals surface area contributed by atoms with Crippen LogP contribution in [0.5, 0.6) is 0 Å². The van der Waals surface area contributed by atoms with Gasteiger partial charge in [0.15, 0.2) is 0 Å². The minimum atomic E-state index is -4.40. The Bertz CT molecular complexity index is 1350. The van der Waals surface area contributed by atoms with Crippen molar-refractivity contribution >= 4 is 23.2 Å². The Hall–Kier alpha value is -4.05. The maximum Gasteiger partial charge on any atom is 0.416 e. The number of nitrogens with zero attached hydrogens (tertiary/aromatic N) is 3. The van der Waals surface area contributed by atoms with Gasteiger partial charge in [0.1, 0.15) is 6.17 Å². The topological polar surface area (TPSA) is 65.1 Å². The molecule has 10 heteroatoms. The van der Waals surface area contributed by atoms with Crippen molar-refractivity contribution in [3.8, 4) is 0 Å². The zero-order chi connectivity index (χ0) is 28.3. The van der Waals surface area contributed by atoms with Crippen LogP contribution < -0.4 is 10.2 Å². The van der Waals surface area contributed by atoms with Crippen LogP contribution in [-0.4, -0.2) is 68.1 Å². The highest BCUT2D eigenvalue weighted by Crippen LogP contribution is 2.35. The third kappa shape index (κ3) is 5.77. The number of halogens is 3. The normalized spacial score (nSPS) is 17.2. The smallest absolute Gasteiger partial charge is 0.385 e. The van der Waals surface area contributed by atoms with Crippen LogP contribution in [0.3, 0.4) is 0 Å². The molecule has 0 bridgehead atoms. The predicted molar refractivity (Wildman–Crippen MR) is 146 cm³/mol. The summed E-state index contributed by atoms with van der Waals surface area (Å²) in [4.78, 5) is 31.6. The summed E-state index contributed by atoms with van der Waals surface area (Å²) in [5.41, 5.74) is 2.70. The fourth-order valence-electron chi connectivity index (χ4n) is 5.23. The largest absolute Gasteiger partial charge is 0.416 e. The maximum atomic E-state index is 13.2. The Labute approximate surface area is 231 Å². The van der Waals surface area contributed by atoms with E-state index < -0.39 is 11.7 Å². The zero-order valence-corrected chi connectivity index (χ0v) is 22.2. The first-order chi connectivity index (χ1) is 19.3. The van der Waals surface area contributed by atoms with E-state index in [1.807, 2.05) is 41.3 Å². The molecule has 0 spiro atoms. The lowest BCUT2D eigenvalue weighted by molar-refractivity contribution is -0.137. The van der Waals surface area contributed by atoms with Crippen LogP contribution in [0.4, 0.5) is 24.5 Å². The number of benzene rings is 3. The zero-order valence-electron chi connectivity index (χ0n) is 22.2. The number of methoxy groups -OCH3 is 1. The molecule has 2 aliphatic rings. The van der Waals surface area contributed by atoms with Crippen molar-refractivity contribution in [2.75, 3.05) is 56.7 Å². The molecule has 1 fully saturated rings. The standard InChI is InChI=1S/C30H31F3N4O3/c1-40-19-5-14-37-27(25-8-2-3-9-26(25)29(37)39)34-23-12-10-21(11-13-23)28(38)36-17-15-35(16-18-36)24-7-4-6-22(20-24)30(31,32)33/h2-4,6-13,20,27,34H,5,14-19H2,1H3. The second-order valence-electron chi connectivity index (χ2n) is 9.88. The number of alkyl halides is 3. The fraction of sp³-hybridized carbons (Fsp3) is 0.333. The van der Waals surface area contributed by atoms with Gasteiger partial charge in [0.05, 0.1) is 5.56 Å². The number of anilines is 2. The van der Waals surface area contributed by atoms with Crippen molar-refractivity contribution in [2.24, 2.45) is 0 Å². The Balaban J connectivity index is 1.22. The number of nitrogens with one attached hydrogen (secondary N) is 1. The number of ether oxygens (including phenoxy) is 1. The average Bonchev–Trinajstić information content (AvgIpc) is 3.23. The number of fused-ring (bicyclic) bond motifs is 1. The maximum absolute atomic E-state index is 13.2. The summed E-state index contributed by atoms with van der Waals surface area (Å²) in [6, 6.07) is 20.0. The lowest BCUT2D eigenvalue weighted by Gasteiger charge is -2.36. The summed E-state index contributed by atoms with van der Waals surface area (Å²) in [5.74, 6) is -0.155. The first-order valence-electron chi connectivity index (χ1n) is 13.2. The minimum absolute atomic E-state index is 0.0275. The van der Waals surface area contributed by atoms with Gasteiger partial charge >= 0.3 is 6.18 Å². The van der Waals surface area contributed by atoms with Crippen molar-refractivity contribution in [1.29, 1.82) is 0 Å². The molecule has 0 aromatic heterocycles. The molecule has 210 valence electrons. The number of piperazine rings is 1. The number of hydrogen-bond acceptors (Lipinski definition) is 5. The van der Waals surface area contributed by atoms with E-state index in [0.717, 1.165) is 23.4 Å². The van der Waals surface area contributed by atoms with Crippen LogP contribution in [0.15, 0.2) is 72.8 Å². The molecule has 7 nitrogen and oxygen atoms in total. The van der Waals surface area contributed by atoms with E-state index in [1.165, 1.54) is 6.07 Å². The van der Waals surface area contributed by atoms with E-state index in [9.17, 15) is 22.8 Å². The Morgan fingerprint density at radius 2 is 1.70 bits per heavy atom. The van der Waals surface area contributed by atoms with Gasteiger partial charge in [0, 0.05) is 74.5 Å². The molecule has 0 saturated carbocycles. The van der Waals surface area contributed by atoms with Crippen molar-refractivity contribution in [3.05, 3.63) is 95.1 Å². The number of amides is 2. The van der Waals surface area contributed by atoms with Crippen molar-refractivity contribution in [1.82, 2.24) is 9.80 Å². The molecule has 3 aromatic carbocycles. The summed E-state index contributed by atoms with van der Waals surface area (Å²) in [6.45, 7) is 2.81. The van der Waals surface area contributed by atoms with Gasteiger partial charge in [0.25, 0.3) is 11.8 Å². The number of carbonyl (C=O) groups excluding carboxylic acids is 2. The molecule has 3 aromatic rings. The predicted octanol–water partition coefficient (Wildman–Crippen LogP) is 5.27. The number of rotatable bonds is 8. The molecule has 1 saturated heterocycles. The molecule has 1 N–H and O–H groups in total. The first kappa shape index (κ1) is 27.5. The highest BCUT2D eigenvalue weighted by molar-refractivity contribution is 5.99. The number of hydrogen-bond donors (Lipinski definition) is 1. The van der Waals surface area contributed by atoms with Crippen molar-refractivity contribution in [2.45, 2.75) is 18.8 Å². The van der Waals surface area contributed by atoms with Gasteiger partial charge in [-0.2, -0.15) is 13.2 Å². The molecule has 2 heterocycles. The van der Waals surface area contributed by atoms with Gasteiger partial charge in [-0.15, -0.1) is 0 Å². The molecule has 2 amide bonds. The van der Waals surface area contributed by atoms with E-state index in [1.54, 1.807) is 35.1 Å². The third-order valence-corrected chi connectivity index (χ3v) is 7.35. The van der Waals surface area contributed by atoms with E-state index >= 15 is 0 Å². The first-order valence-corrected chi connectivity index (χ1v) is 13.2. The summed E-state index contributed by atoms with van der Waals surface area (Å²) < 4.78 is 44.5. The molecular weight excluding hydrogens is 521 g/mol. The lowest BCUT2D eigenvalue weighted by atomic mass is 10.1. The Morgan fingerprint density at radius 1 is 0.975 bits per heavy atom.